The highest BCUT2D eigenvalue weighted by Gasteiger charge is 2.20. The molecule has 88 valence electrons. The Hall–Kier alpha value is -1.36. The van der Waals surface area contributed by atoms with Gasteiger partial charge in [0.25, 0.3) is 0 Å². The van der Waals surface area contributed by atoms with E-state index in [1.807, 2.05) is 42.0 Å². The minimum absolute atomic E-state index is 0.420. The molecular weight excluding hydrogens is 226 g/mol. The third-order valence-corrected chi connectivity index (χ3v) is 2.78. The highest BCUT2D eigenvalue weighted by atomic mass is 32.2. The van der Waals surface area contributed by atoms with Crippen molar-refractivity contribution >= 4 is 15.9 Å². The summed E-state index contributed by atoms with van der Waals surface area (Å²) in [6.07, 6.45) is 1.54. The molecule has 0 heterocycles. The molecule has 0 saturated carbocycles. The van der Waals surface area contributed by atoms with Crippen LogP contribution in [0.5, 0.6) is 0 Å². The van der Waals surface area contributed by atoms with Crippen LogP contribution in [0, 0.1) is 0 Å². The Kier molecular flexibility index (Phi) is 4.06. The van der Waals surface area contributed by atoms with Crippen LogP contribution in [-0.4, -0.2) is 20.6 Å². The van der Waals surface area contributed by atoms with Gasteiger partial charge in [0.1, 0.15) is 0 Å². The molecule has 1 aromatic carbocycles. The number of benzene rings is 1. The smallest absolute Gasteiger partial charge is 0.240 e. The highest BCUT2D eigenvalue weighted by molar-refractivity contribution is 7.89. The normalized spacial score (nSPS) is 13.1. The number of carbonyl (C=O) groups is 1. The number of rotatable bonds is 4. The van der Waals surface area contributed by atoms with Gasteiger partial charge in [-0.25, -0.2) is 8.42 Å². The molecule has 5 heteroatoms. The molecule has 0 saturated heterocycles. The van der Waals surface area contributed by atoms with Crippen LogP contribution in [-0.2, 0) is 14.8 Å². The monoisotopic (exact) mass is 241 g/mol. The van der Waals surface area contributed by atoms with Gasteiger partial charge in [-0.05, 0) is 12.0 Å². The van der Waals surface area contributed by atoms with Crippen LogP contribution in [0.4, 0.5) is 0 Å². The average molecular weight is 241 g/mol. The van der Waals surface area contributed by atoms with Crippen molar-refractivity contribution in [3.63, 3.8) is 0 Å². The van der Waals surface area contributed by atoms with Gasteiger partial charge in [0.15, 0.2) is 0 Å². The van der Waals surface area contributed by atoms with E-state index in [0.717, 1.165) is 11.8 Å². The fourth-order valence-corrected chi connectivity index (χ4v) is 2.02. The summed E-state index contributed by atoms with van der Waals surface area (Å²) in [4.78, 5) is 11.7. The lowest BCUT2D eigenvalue weighted by Crippen LogP contribution is -2.33. The fourth-order valence-electron chi connectivity index (χ4n) is 1.51. The third kappa shape index (κ3) is 3.66. The first-order valence-electron chi connectivity index (χ1n) is 5.00. The van der Waals surface area contributed by atoms with E-state index in [4.69, 9.17) is 0 Å². The largest absolute Gasteiger partial charge is 0.273 e. The summed E-state index contributed by atoms with van der Waals surface area (Å²) in [6.45, 7) is 1.85. The lowest BCUT2D eigenvalue weighted by atomic mass is 9.96. The molecule has 1 amide bonds. The summed E-state index contributed by atoms with van der Waals surface area (Å²) in [5, 5.41) is 0. The maximum absolute atomic E-state index is 11.7. The summed E-state index contributed by atoms with van der Waals surface area (Å²) in [6, 6.07) is 9.13. The van der Waals surface area contributed by atoms with Gasteiger partial charge in [0.05, 0.1) is 12.2 Å². The molecule has 0 aliphatic carbocycles. The van der Waals surface area contributed by atoms with Crippen LogP contribution in [0.15, 0.2) is 30.3 Å². The summed E-state index contributed by atoms with van der Waals surface area (Å²) in [5.41, 5.74) is 0.825. The first-order chi connectivity index (χ1) is 7.44. The minimum Gasteiger partial charge on any atom is -0.273 e. The van der Waals surface area contributed by atoms with Gasteiger partial charge in [-0.2, -0.15) is 0 Å². The maximum Gasteiger partial charge on any atom is 0.240 e. The molecule has 0 unspecified atom stereocenters. The number of amides is 1. The zero-order valence-corrected chi connectivity index (χ0v) is 10.1. The van der Waals surface area contributed by atoms with Crippen molar-refractivity contribution in [2.24, 2.45) is 0 Å². The number of hydrogen-bond acceptors (Lipinski definition) is 3. The average Bonchev–Trinajstić information content (AvgIpc) is 2.17. The molecule has 0 aliphatic rings. The lowest BCUT2D eigenvalue weighted by Gasteiger charge is -2.14. The Labute approximate surface area is 95.7 Å². The van der Waals surface area contributed by atoms with E-state index in [1.165, 1.54) is 0 Å². The fraction of sp³-hybridized carbons (Fsp3) is 0.364. The van der Waals surface area contributed by atoms with Crippen molar-refractivity contribution in [3.8, 4) is 0 Å². The summed E-state index contributed by atoms with van der Waals surface area (Å²) in [7, 11) is -3.49. The molecular formula is C11H15NO3S. The van der Waals surface area contributed by atoms with Gasteiger partial charge in [0, 0.05) is 0 Å². The van der Waals surface area contributed by atoms with E-state index in [1.54, 1.807) is 0 Å². The molecule has 0 aromatic heterocycles. The molecule has 0 spiro atoms. The quantitative estimate of drug-likeness (QED) is 0.863. The zero-order valence-electron chi connectivity index (χ0n) is 9.30. The van der Waals surface area contributed by atoms with Crippen molar-refractivity contribution in [2.75, 3.05) is 6.26 Å². The van der Waals surface area contributed by atoms with Crippen LogP contribution >= 0.6 is 0 Å². The van der Waals surface area contributed by atoms with Crippen molar-refractivity contribution in [3.05, 3.63) is 35.9 Å². The second-order valence-electron chi connectivity index (χ2n) is 3.61. The van der Waals surface area contributed by atoms with E-state index < -0.39 is 21.8 Å². The van der Waals surface area contributed by atoms with Crippen LogP contribution < -0.4 is 4.72 Å². The van der Waals surface area contributed by atoms with Crippen LogP contribution in [0.2, 0.25) is 0 Å². The topological polar surface area (TPSA) is 63.2 Å². The summed E-state index contributed by atoms with van der Waals surface area (Å²) < 4.78 is 23.9. The van der Waals surface area contributed by atoms with Crippen LogP contribution in [0.3, 0.4) is 0 Å². The highest BCUT2D eigenvalue weighted by Crippen LogP contribution is 2.19. The Morgan fingerprint density at radius 3 is 2.31 bits per heavy atom. The summed E-state index contributed by atoms with van der Waals surface area (Å²) in [5.74, 6) is -0.896. The van der Waals surface area contributed by atoms with E-state index >= 15 is 0 Å². The number of carbonyl (C=O) groups excluding carboxylic acids is 1. The van der Waals surface area contributed by atoms with Gasteiger partial charge in [-0.3, -0.25) is 9.52 Å². The van der Waals surface area contributed by atoms with Gasteiger partial charge < -0.3 is 0 Å². The summed E-state index contributed by atoms with van der Waals surface area (Å²) >= 11 is 0. The molecule has 0 aliphatic heterocycles. The Morgan fingerprint density at radius 2 is 1.88 bits per heavy atom. The molecule has 0 radical (unpaired) electrons. The Balaban J connectivity index is 2.88. The van der Waals surface area contributed by atoms with Gasteiger partial charge in [0.2, 0.25) is 15.9 Å². The molecule has 1 N–H and O–H groups in total. The maximum atomic E-state index is 11.7. The molecule has 1 aromatic rings. The molecule has 16 heavy (non-hydrogen) atoms. The second-order valence-corrected chi connectivity index (χ2v) is 5.36. The van der Waals surface area contributed by atoms with Crippen LogP contribution in [0.1, 0.15) is 24.8 Å². The molecule has 4 nitrogen and oxygen atoms in total. The predicted molar refractivity (Wildman–Crippen MR) is 62.5 cm³/mol. The Morgan fingerprint density at radius 1 is 1.31 bits per heavy atom. The van der Waals surface area contributed by atoms with Crippen molar-refractivity contribution < 1.29 is 13.2 Å². The van der Waals surface area contributed by atoms with Gasteiger partial charge in [-0.15, -0.1) is 0 Å². The first kappa shape index (κ1) is 12.7. The minimum atomic E-state index is -3.49. The Bertz CT molecular complexity index is 453. The van der Waals surface area contributed by atoms with Crippen molar-refractivity contribution in [2.45, 2.75) is 19.3 Å². The molecule has 0 bridgehead atoms. The van der Waals surface area contributed by atoms with Crippen LogP contribution in [0.25, 0.3) is 0 Å². The lowest BCUT2D eigenvalue weighted by molar-refractivity contribution is -0.120. The van der Waals surface area contributed by atoms with E-state index in [2.05, 4.69) is 0 Å². The van der Waals surface area contributed by atoms with Gasteiger partial charge in [-0.1, -0.05) is 37.3 Å². The number of nitrogens with one attached hydrogen (secondary N) is 1. The van der Waals surface area contributed by atoms with E-state index in [9.17, 15) is 13.2 Å². The molecule has 1 atom stereocenters. The third-order valence-electron chi connectivity index (χ3n) is 2.21. The van der Waals surface area contributed by atoms with Crippen molar-refractivity contribution in [1.82, 2.24) is 4.72 Å². The SMILES string of the molecule is CC[C@H](C(=O)NS(C)(=O)=O)c1ccccc1. The molecule has 1 rings (SSSR count). The van der Waals surface area contributed by atoms with E-state index in [-0.39, 0.29) is 0 Å². The standard InChI is InChI=1S/C11H15NO3S/c1-3-10(9-7-5-4-6-8-9)11(13)12-16(2,14)15/h4-8,10H,3H2,1-2H3,(H,12,13)/t10-/m0/s1. The predicted octanol–water partition coefficient (Wildman–Crippen LogP) is 1.26. The van der Waals surface area contributed by atoms with Gasteiger partial charge >= 0.3 is 0 Å². The zero-order chi connectivity index (χ0) is 12.2. The molecule has 0 fully saturated rings. The van der Waals surface area contributed by atoms with Crippen molar-refractivity contribution in [1.29, 1.82) is 0 Å². The first-order valence-corrected chi connectivity index (χ1v) is 6.89. The second kappa shape index (κ2) is 5.12. The number of hydrogen-bond donors (Lipinski definition) is 1. The number of sulfonamides is 1. The van der Waals surface area contributed by atoms with E-state index in [0.29, 0.717) is 6.42 Å².